The van der Waals surface area contributed by atoms with Crippen LogP contribution in [-0.2, 0) is 0 Å². The molecule has 4 nitrogen and oxygen atoms in total. The topological polar surface area (TPSA) is 66.6 Å². The van der Waals surface area contributed by atoms with Crippen LogP contribution < -0.4 is 0 Å². The SMILES string of the molecule is N#Cc1ncc(F)cc1F.O=Cc1ncc(F)cc1F. The van der Waals surface area contributed by atoms with Crippen molar-refractivity contribution in [2.45, 2.75) is 0 Å². The van der Waals surface area contributed by atoms with E-state index in [9.17, 15) is 22.4 Å². The summed E-state index contributed by atoms with van der Waals surface area (Å²) in [4.78, 5) is 16.3. The minimum atomic E-state index is -0.935. The highest BCUT2D eigenvalue weighted by Gasteiger charge is 2.02. The molecule has 102 valence electrons. The van der Waals surface area contributed by atoms with Crippen molar-refractivity contribution in [3.05, 3.63) is 59.2 Å². The van der Waals surface area contributed by atoms with Crippen LogP contribution in [0.1, 0.15) is 16.2 Å². The van der Waals surface area contributed by atoms with Gasteiger partial charge in [-0.15, -0.1) is 0 Å². The number of nitriles is 1. The Morgan fingerprint density at radius 2 is 1.55 bits per heavy atom. The first kappa shape index (κ1) is 15.2. The van der Waals surface area contributed by atoms with Crippen LogP contribution in [0.4, 0.5) is 17.6 Å². The van der Waals surface area contributed by atoms with Gasteiger partial charge in [-0.1, -0.05) is 0 Å². The highest BCUT2D eigenvalue weighted by molar-refractivity contribution is 5.71. The van der Waals surface area contributed by atoms with Gasteiger partial charge in [0.15, 0.2) is 23.6 Å². The molecule has 2 aromatic rings. The molecule has 0 spiro atoms. The third-order valence-corrected chi connectivity index (χ3v) is 1.86. The van der Waals surface area contributed by atoms with Gasteiger partial charge in [-0.3, -0.25) is 4.79 Å². The zero-order valence-corrected chi connectivity index (χ0v) is 9.65. The molecule has 0 bridgehead atoms. The zero-order chi connectivity index (χ0) is 15.1. The van der Waals surface area contributed by atoms with E-state index in [1.54, 1.807) is 0 Å². The number of halogens is 4. The lowest BCUT2D eigenvalue weighted by atomic mass is 10.3. The molecule has 2 heterocycles. The first-order chi connectivity index (χ1) is 9.47. The molecular formula is C12H5F4N3O. The van der Waals surface area contributed by atoms with Crippen LogP contribution in [0.15, 0.2) is 24.5 Å². The average Bonchev–Trinajstić information content (AvgIpc) is 2.40. The van der Waals surface area contributed by atoms with E-state index in [-0.39, 0.29) is 17.7 Å². The van der Waals surface area contributed by atoms with E-state index in [2.05, 4.69) is 9.97 Å². The van der Waals surface area contributed by atoms with Crippen molar-refractivity contribution >= 4 is 6.29 Å². The largest absolute Gasteiger partial charge is 0.296 e. The Bertz CT molecular complexity index is 670. The van der Waals surface area contributed by atoms with E-state index < -0.39 is 23.3 Å². The summed E-state index contributed by atoms with van der Waals surface area (Å²) in [6.07, 6.45) is 1.81. The second kappa shape index (κ2) is 6.94. The lowest BCUT2D eigenvalue weighted by Crippen LogP contribution is -1.92. The van der Waals surface area contributed by atoms with E-state index in [1.165, 1.54) is 6.07 Å². The molecular weight excluding hydrogens is 278 g/mol. The second-order valence-corrected chi connectivity index (χ2v) is 3.23. The Hall–Kier alpha value is -2.82. The van der Waals surface area contributed by atoms with Crippen molar-refractivity contribution in [1.82, 2.24) is 9.97 Å². The molecule has 0 unspecified atom stereocenters. The minimum Gasteiger partial charge on any atom is -0.296 e. The molecule has 0 aliphatic rings. The lowest BCUT2D eigenvalue weighted by Gasteiger charge is -1.90. The summed E-state index contributed by atoms with van der Waals surface area (Å²) in [5, 5.41) is 8.13. The molecule has 8 heteroatoms. The predicted molar refractivity (Wildman–Crippen MR) is 58.4 cm³/mol. The summed E-state index contributed by atoms with van der Waals surface area (Å²) < 4.78 is 48.8. The molecule has 20 heavy (non-hydrogen) atoms. The molecule has 0 aromatic carbocycles. The van der Waals surface area contributed by atoms with Crippen molar-refractivity contribution in [3.63, 3.8) is 0 Å². The standard InChI is InChI=1S/C6H2F2N2.C6H3F2NO/c7-4-1-5(8)6(2-9)10-3-4;7-4-1-5(8)6(3-10)9-2-4/h1,3H;1-3H. The van der Waals surface area contributed by atoms with Crippen LogP contribution >= 0.6 is 0 Å². The van der Waals surface area contributed by atoms with E-state index in [0.717, 1.165) is 12.4 Å². The third-order valence-electron chi connectivity index (χ3n) is 1.86. The first-order valence-electron chi connectivity index (χ1n) is 4.95. The van der Waals surface area contributed by atoms with Crippen molar-refractivity contribution in [3.8, 4) is 6.07 Å². The monoisotopic (exact) mass is 283 g/mol. The van der Waals surface area contributed by atoms with Gasteiger partial charge in [0.1, 0.15) is 23.4 Å². The maximum Gasteiger partial charge on any atom is 0.176 e. The molecule has 0 saturated heterocycles. The fraction of sp³-hybridized carbons (Fsp3) is 0. The van der Waals surface area contributed by atoms with Gasteiger partial charge < -0.3 is 0 Å². The molecule has 0 aliphatic carbocycles. The van der Waals surface area contributed by atoms with Gasteiger partial charge in [0, 0.05) is 12.1 Å². The normalized spacial score (nSPS) is 9.15. The quantitative estimate of drug-likeness (QED) is 0.595. The fourth-order valence-corrected chi connectivity index (χ4v) is 1.01. The summed E-state index contributed by atoms with van der Waals surface area (Å²) in [6, 6.07) is 2.69. The molecule has 2 aromatic heterocycles. The smallest absolute Gasteiger partial charge is 0.176 e. The van der Waals surface area contributed by atoms with Crippen molar-refractivity contribution in [1.29, 1.82) is 5.26 Å². The van der Waals surface area contributed by atoms with Crippen molar-refractivity contribution in [2.24, 2.45) is 0 Å². The van der Waals surface area contributed by atoms with Gasteiger partial charge >= 0.3 is 0 Å². The van der Waals surface area contributed by atoms with Crippen LogP contribution in [-0.4, -0.2) is 16.3 Å². The van der Waals surface area contributed by atoms with Gasteiger partial charge in [-0.05, 0) is 0 Å². The summed E-state index contributed by atoms with van der Waals surface area (Å²) in [6.45, 7) is 0. The molecule has 2 rings (SSSR count). The van der Waals surface area contributed by atoms with E-state index in [0.29, 0.717) is 12.1 Å². The number of nitrogens with zero attached hydrogens (tertiary/aromatic N) is 3. The highest BCUT2D eigenvalue weighted by Crippen LogP contribution is 2.03. The van der Waals surface area contributed by atoms with Gasteiger partial charge in [-0.25, -0.2) is 27.5 Å². The second-order valence-electron chi connectivity index (χ2n) is 3.23. The molecule has 0 atom stereocenters. The molecule has 0 aliphatic heterocycles. The van der Waals surface area contributed by atoms with E-state index in [1.807, 2.05) is 0 Å². The predicted octanol–water partition coefficient (Wildman–Crippen LogP) is 2.40. The Labute approximate surface area is 110 Å². The van der Waals surface area contributed by atoms with E-state index in [4.69, 9.17) is 5.26 Å². The molecule has 0 saturated carbocycles. The maximum atomic E-state index is 12.3. The number of rotatable bonds is 1. The molecule has 0 amide bonds. The van der Waals surface area contributed by atoms with Gasteiger partial charge in [0.05, 0.1) is 12.4 Å². The lowest BCUT2D eigenvalue weighted by molar-refractivity contribution is 0.111. The number of hydrogen-bond donors (Lipinski definition) is 0. The van der Waals surface area contributed by atoms with Crippen LogP contribution in [0.3, 0.4) is 0 Å². The molecule has 0 N–H and O–H groups in total. The summed E-state index contributed by atoms with van der Waals surface area (Å²) in [5.74, 6) is -3.43. The molecule has 0 fully saturated rings. The number of hydrogen-bond acceptors (Lipinski definition) is 4. The van der Waals surface area contributed by atoms with Crippen molar-refractivity contribution < 1.29 is 22.4 Å². The summed E-state index contributed by atoms with van der Waals surface area (Å²) in [5.41, 5.74) is -0.761. The van der Waals surface area contributed by atoms with Gasteiger partial charge in [0.25, 0.3) is 0 Å². The third kappa shape index (κ3) is 4.13. The van der Waals surface area contributed by atoms with Crippen LogP contribution in [0.5, 0.6) is 0 Å². The molecule has 0 radical (unpaired) electrons. The fourth-order valence-electron chi connectivity index (χ4n) is 1.01. The van der Waals surface area contributed by atoms with Crippen LogP contribution in [0.25, 0.3) is 0 Å². The number of carbonyl (C=O) groups is 1. The van der Waals surface area contributed by atoms with Crippen LogP contribution in [0.2, 0.25) is 0 Å². The Morgan fingerprint density at radius 3 is 2.00 bits per heavy atom. The minimum absolute atomic E-state index is 0.231. The number of pyridine rings is 2. The summed E-state index contributed by atoms with van der Waals surface area (Å²) >= 11 is 0. The van der Waals surface area contributed by atoms with E-state index >= 15 is 0 Å². The van der Waals surface area contributed by atoms with Crippen molar-refractivity contribution in [2.75, 3.05) is 0 Å². The highest BCUT2D eigenvalue weighted by atomic mass is 19.1. The summed E-state index contributed by atoms with van der Waals surface area (Å²) in [7, 11) is 0. The number of carbonyl (C=O) groups excluding carboxylic acids is 1. The number of aromatic nitrogens is 2. The first-order valence-corrected chi connectivity index (χ1v) is 4.95. The Kier molecular flexibility index (Phi) is 5.29. The average molecular weight is 283 g/mol. The van der Waals surface area contributed by atoms with Crippen LogP contribution in [0, 0.1) is 34.6 Å². The van der Waals surface area contributed by atoms with Gasteiger partial charge in [-0.2, -0.15) is 5.26 Å². The number of aldehydes is 1. The Balaban J connectivity index is 0.000000200. The zero-order valence-electron chi connectivity index (χ0n) is 9.65. The Morgan fingerprint density at radius 1 is 1.00 bits per heavy atom. The maximum absolute atomic E-state index is 12.3. The van der Waals surface area contributed by atoms with Gasteiger partial charge in [0.2, 0.25) is 0 Å².